The van der Waals surface area contributed by atoms with Crippen molar-refractivity contribution in [2.24, 2.45) is 13.0 Å². The van der Waals surface area contributed by atoms with Crippen LogP contribution < -0.4 is 33.0 Å². The van der Waals surface area contributed by atoms with E-state index in [0.29, 0.717) is 65.0 Å². The van der Waals surface area contributed by atoms with Crippen LogP contribution in [0.3, 0.4) is 0 Å². The summed E-state index contributed by atoms with van der Waals surface area (Å²) < 4.78 is 36.8. The molecule has 0 bridgehead atoms. The lowest BCUT2D eigenvalue weighted by Crippen LogP contribution is -2.30. The molecule has 7 heterocycles. The molecular formula is C88H73ClIN5O13. The Bertz CT molecular complexity index is 6470. The minimum absolute atomic E-state index is 0.0185. The Kier molecular flexibility index (Phi) is 21.9. The molecule has 0 unspecified atom stereocenters. The van der Waals surface area contributed by atoms with E-state index in [2.05, 4.69) is 11.9 Å². The highest BCUT2D eigenvalue weighted by molar-refractivity contribution is 14.1. The highest BCUT2D eigenvalue weighted by atomic mass is 127. The molecule has 1 saturated carbocycles. The molecule has 7 aromatic heterocycles. The molecule has 0 N–H and O–H groups in total. The first-order valence-corrected chi connectivity index (χ1v) is 36.5. The van der Waals surface area contributed by atoms with Crippen LogP contribution in [-0.2, 0) is 11.8 Å². The third-order valence-electron chi connectivity index (χ3n) is 18.9. The summed E-state index contributed by atoms with van der Waals surface area (Å²) in [6, 6.07) is 67.9. The van der Waals surface area contributed by atoms with Crippen molar-refractivity contribution in [3.8, 4) is 28.5 Å². The molecule has 1 fully saturated rings. The standard InChI is InChI=1S/C23H15ClN2O2.C18H14N2O2.C18H15NO3.C18H20O4.C11H9IO2/c1-14-11-12-16-19(13-14)28-23(27)20(21(16)24)22-25-17-9-5-6-10-18(17)26(22)15-7-3-2-4-8-15;1-11-7-8-12-10-13(18(21)22-16(12)9-11)17-19-14-5-3-4-6-15(14)20(17)2;1-12-8-9-13-11-15(18(21)22-16(13)10-12)17(20)19(2)14-6-4-3-5-7-14;1-11-4-7-14(8-5-11)21-17(19)15-10-13-6-3-12(2)9-16(13)22-18(15)20;1-6-3-4-8-7(2)10(12)11(13)14-9(8)5-6/h2-13H,1H3;3-10H,1-2H3;3-11H,1-2H3;3,6,9-11,14H,4-5,7-8H2,1-2H3;3-5H,1-2H3. The van der Waals surface area contributed by atoms with E-state index in [9.17, 15) is 33.6 Å². The monoisotopic (exact) mass is 1570 g/mol. The summed E-state index contributed by atoms with van der Waals surface area (Å²) in [5.74, 6) is 0.813. The number of imidazole rings is 2. The van der Waals surface area contributed by atoms with Crippen LogP contribution >= 0.6 is 34.2 Å². The molecule has 1 aliphatic rings. The molecule has 108 heavy (non-hydrogen) atoms. The van der Waals surface area contributed by atoms with Gasteiger partial charge in [-0.15, -0.1) is 0 Å². The van der Waals surface area contributed by atoms with Gasteiger partial charge in [-0.3, -0.25) is 9.36 Å². The van der Waals surface area contributed by atoms with Crippen molar-refractivity contribution >= 4 is 129 Å². The summed E-state index contributed by atoms with van der Waals surface area (Å²) in [5.41, 5.74) is 12.4. The molecule has 542 valence electrons. The van der Waals surface area contributed by atoms with Gasteiger partial charge in [0.15, 0.2) is 5.82 Å². The summed E-state index contributed by atoms with van der Waals surface area (Å²) in [4.78, 5) is 96.3. The number of aryl methyl sites for hydroxylation is 7. The molecular weight excluding hydrogens is 1500 g/mol. The lowest BCUT2D eigenvalue weighted by Gasteiger charge is -2.25. The van der Waals surface area contributed by atoms with Crippen LogP contribution in [0.2, 0.25) is 5.02 Å². The Morgan fingerprint density at radius 1 is 0.481 bits per heavy atom. The summed E-state index contributed by atoms with van der Waals surface area (Å²) >= 11 is 8.73. The molecule has 17 rings (SSSR count). The van der Waals surface area contributed by atoms with Gasteiger partial charge in [-0.2, -0.15) is 0 Å². The molecule has 9 aromatic carbocycles. The molecule has 0 atom stereocenters. The van der Waals surface area contributed by atoms with Crippen molar-refractivity contribution < 1.29 is 36.4 Å². The maximum atomic E-state index is 12.9. The zero-order valence-electron chi connectivity index (χ0n) is 60.6. The van der Waals surface area contributed by atoms with Crippen LogP contribution in [0.5, 0.6) is 0 Å². The van der Waals surface area contributed by atoms with Crippen LogP contribution in [0.25, 0.3) is 105 Å². The zero-order valence-corrected chi connectivity index (χ0v) is 63.5. The zero-order chi connectivity index (χ0) is 76.2. The highest BCUT2D eigenvalue weighted by Crippen LogP contribution is 2.36. The Morgan fingerprint density at radius 2 is 0.926 bits per heavy atom. The van der Waals surface area contributed by atoms with E-state index in [1.165, 1.54) is 4.90 Å². The van der Waals surface area contributed by atoms with Gasteiger partial charge in [0, 0.05) is 52.4 Å². The number of halogens is 2. The van der Waals surface area contributed by atoms with E-state index < -0.39 is 22.8 Å². The predicted octanol–water partition coefficient (Wildman–Crippen LogP) is 19.6. The topological polar surface area (TPSA) is 233 Å². The van der Waals surface area contributed by atoms with Crippen LogP contribution in [0, 0.1) is 51.0 Å². The van der Waals surface area contributed by atoms with Crippen molar-refractivity contribution in [3.05, 3.63) is 324 Å². The van der Waals surface area contributed by atoms with Crippen LogP contribution in [-0.4, -0.2) is 44.1 Å². The maximum Gasteiger partial charge on any atom is 0.351 e. The van der Waals surface area contributed by atoms with E-state index >= 15 is 0 Å². The molecule has 0 radical (unpaired) electrons. The number of benzene rings is 9. The summed E-state index contributed by atoms with van der Waals surface area (Å²) in [7, 11) is 3.54. The second-order valence-electron chi connectivity index (χ2n) is 26.9. The average molecular weight is 1570 g/mol. The first kappa shape index (κ1) is 74.2. The summed E-state index contributed by atoms with van der Waals surface area (Å²) in [5, 5.41) is 4.41. The number of amides is 1. The largest absolute Gasteiger partial charge is 0.459 e. The Hall–Kier alpha value is -12.1. The second kappa shape index (κ2) is 31.9. The fraction of sp³-hybridized carbons (Fsp3) is 0.170. The quantitative estimate of drug-likeness (QED) is 0.0820. The molecule has 18 nitrogen and oxygen atoms in total. The van der Waals surface area contributed by atoms with Crippen molar-refractivity contribution in [2.75, 3.05) is 11.9 Å². The summed E-state index contributed by atoms with van der Waals surface area (Å²) in [6.45, 7) is 13.9. The minimum atomic E-state index is -0.632. The number of fused-ring (bicyclic) bond motifs is 7. The fourth-order valence-electron chi connectivity index (χ4n) is 12.9. The lowest BCUT2D eigenvalue weighted by molar-refractivity contribution is 0.0169. The first-order valence-electron chi connectivity index (χ1n) is 35.0. The number of anilines is 1. The van der Waals surface area contributed by atoms with Crippen LogP contribution in [0.15, 0.2) is 264 Å². The number of carbonyl (C=O) groups is 2. The SMILES string of the molecule is Cc1ccc2c(C)c(I)c(=O)oc2c1.Cc1ccc2c(Cl)c(-c3nc4ccccc4n3-c3ccccc3)c(=O)oc2c1.Cc1ccc2cc(-c3nc4ccccc4n3C)c(=O)oc2c1.Cc1ccc2cc(C(=O)N(C)c3ccccc3)c(=O)oc2c1.Cc1ccc2cc(C(=O)OC3CCC(C)CC3)c(=O)oc2c1. The maximum absolute atomic E-state index is 12.9. The number of para-hydroxylation sites is 6. The molecule has 20 heteroatoms. The fourth-order valence-corrected chi connectivity index (χ4v) is 13.7. The van der Waals surface area contributed by atoms with E-state index in [1.54, 1.807) is 31.3 Å². The van der Waals surface area contributed by atoms with Gasteiger partial charge >= 0.3 is 34.1 Å². The smallest absolute Gasteiger partial charge is 0.351 e. The van der Waals surface area contributed by atoms with Gasteiger partial charge in [0.05, 0.1) is 27.1 Å². The van der Waals surface area contributed by atoms with Crippen molar-refractivity contribution in [3.63, 3.8) is 0 Å². The van der Waals surface area contributed by atoms with E-state index in [4.69, 9.17) is 43.4 Å². The van der Waals surface area contributed by atoms with Crippen LogP contribution in [0.4, 0.5) is 5.69 Å². The molecule has 0 aliphatic heterocycles. The number of hydrogen-bond donors (Lipinski definition) is 0. The molecule has 1 aliphatic carbocycles. The predicted molar refractivity (Wildman–Crippen MR) is 434 cm³/mol. The van der Waals surface area contributed by atoms with Crippen molar-refractivity contribution in [1.29, 1.82) is 0 Å². The Balaban J connectivity index is 0.000000121. The number of ether oxygens (including phenoxy) is 1. The van der Waals surface area contributed by atoms with Crippen LogP contribution in [0.1, 0.15) is 86.7 Å². The number of nitrogens with zero attached hydrogens (tertiary/aromatic N) is 5. The summed E-state index contributed by atoms with van der Waals surface area (Å²) in [6.07, 6.45) is 3.76. The highest BCUT2D eigenvalue weighted by Gasteiger charge is 2.27. The van der Waals surface area contributed by atoms with E-state index in [-0.39, 0.29) is 40.0 Å². The minimum Gasteiger partial charge on any atom is -0.459 e. The van der Waals surface area contributed by atoms with Crippen molar-refractivity contribution in [2.45, 2.75) is 80.3 Å². The van der Waals surface area contributed by atoms with Gasteiger partial charge in [0.1, 0.15) is 65.7 Å². The number of aromatic nitrogens is 4. The van der Waals surface area contributed by atoms with Gasteiger partial charge in [-0.25, -0.2) is 38.7 Å². The third kappa shape index (κ3) is 16.0. The number of hydrogen-bond acceptors (Lipinski definition) is 15. The van der Waals surface area contributed by atoms with Gasteiger partial charge in [0.2, 0.25) is 0 Å². The van der Waals surface area contributed by atoms with Crippen molar-refractivity contribution in [1.82, 2.24) is 19.1 Å². The third-order valence-corrected chi connectivity index (χ3v) is 20.5. The van der Waals surface area contributed by atoms with Gasteiger partial charge in [-0.05, 0) is 232 Å². The Labute approximate surface area is 637 Å². The number of carbonyl (C=O) groups excluding carboxylic acids is 2. The van der Waals surface area contributed by atoms with E-state index in [1.807, 2.05) is 274 Å². The van der Waals surface area contributed by atoms with Gasteiger partial charge < -0.3 is 36.3 Å². The number of rotatable bonds is 7. The normalized spacial score (nSPS) is 13.2. The molecule has 16 aromatic rings. The lowest BCUT2D eigenvalue weighted by atomic mass is 9.89. The number of esters is 1. The Morgan fingerprint density at radius 3 is 1.51 bits per heavy atom. The van der Waals surface area contributed by atoms with Gasteiger partial charge in [-0.1, -0.05) is 134 Å². The molecule has 1 amide bonds. The molecule has 0 saturated heterocycles. The van der Waals surface area contributed by atoms with E-state index in [0.717, 1.165) is 114 Å². The average Bonchev–Trinajstić information content (AvgIpc) is 1.57. The first-order chi connectivity index (χ1) is 51.9. The second-order valence-corrected chi connectivity index (χ2v) is 28.4. The molecule has 0 spiro atoms. The van der Waals surface area contributed by atoms with Gasteiger partial charge in [0.25, 0.3) is 5.91 Å².